The zero-order valence-electron chi connectivity index (χ0n) is 10.0. The first-order chi connectivity index (χ1) is 8.29. The Balaban J connectivity index is 1.92. The Kier molecular flexibility index (Phi) is 3.89. The highest BCUT2D eigenvalue weighted by Gasteiger charge is 2.07. The van der Waals surface area contributed by atoms with Crippen molar-refractivity contribution in [2.24, 2.45) is 7.05 Å². The van der Waals surface area contributed by atoms with E-state index < -0.39 is 0 Å². The number of nitrogens with zero attached hydrogens (tertiary/aromatic N) is 3. The van der Waals surface area contributed by atoms with Gasteiger partial charge in [-0.1, -0.05) is 5.16 Å². The quantitative estimate of drug-likeness (QED) is 0.752. The van der Waals surface area contributed by atoms with Crippen LogP contribution in [0.4, 0.5) is 0 Å². The molecule has 6 heteroatoms. The molecule has 0 bridgehead atoms. The van der Waals surface area contributed by atoms with Gasteiger partial charge in [0.25, 0.3) is 0 Å². The molecule has 92 valence electrons. The second-order valence-corrected chi connectivity index (χ2v) is 3.75. The van der Waals surface area contributed by atoms with E-state index in [0.717, 1.165) is 23.6 Å². The van der Waals surface area contributed by atoms with Crippen LogP contribution in [0.25, 0.3) is 11.3 Å². The maximum absolute atomic E-state index is 5.25. The van der Waals surface area contributed by atoms with Gasteiger partial charge in [-0.3, -0.25) is 4.68 Å². The second kappa shape index (κ2) is 5.60. The Morgan fingerprint density at radius 2 is 2.41 bits per heavy atom. The molecule has 0 saturated carbocycles. The SMILES string of the molecule is COCCNCc1cc(-c2cnn(C)c2)on1. The number of hydrogen-bond donors (Lipinski definition) is 1. The summed E-state index contributed by atoms with van der Waals surface area (Å²) in [5.74, 6) is 0.738. The van der Waals surface area contributed by atoms with Crippen LogP contribution in [-0.2, 0) is 18.3 Å². The van der Waals surface area contributed by atoms with Gasteiger partial charge >= 0.3 is 0 Å². The Bertz CT molecular complexity index is 463. The van der Waals surface area contributed by atoms with Gasteiger partial charge in [-0.05, 0) is 0 Å². The third-order valence-electron chi connectivity index (χ3n) is 2.34. The van der Waals surface area contributed by atoms with Crippen molar-refractivity contribution in [3.63, 3.8) is 0 Å². The van der Waals surface area contributed by atoms with Crippen LogP contribution in [0.2, 0.25) is 0 Å². The van der Waals surface area contributed by atoms with Crippen molar-refractivity contribution in [2.45, 2.75) is 6.54 Å². The minimum absolute atomic E-state index is 0.674. The van der Waals surface area contributed by atoms with Gasteiger partial charge in [-0.25, -0.2) is 0 Å². The van der Waals surface area contributed by atoms with Gasteiger partial charge in [-0.2, -0.15) is 5.10 Å². The van der Waals surface area contributed by atoms with E-state index in [9.17, 15) is 0 Å². The van der Waals surface area contributed by atoms with E-state index in [-0.39, 0.29) is 0 Å². The van der Waals surface area contributed by atoms with Crippen LogP contribution in [0.5, 0.6) is 0 Å². The van der Waals surface area contributed by atoms with E-state index in [0.29, 0.717) is 13.2 Å². The smallest absolute Gasteiger partial charge is 0.170 e. The van der Waals surface area contributed by atoms with Crippen molar-refractivity contribution in [1.29, 1.82) is 0 Å². The monoisotopic (exact) mass is 236 g/mol. The second-order valence-electron chi connectivity index (χ2n) is 3.75. The molecule has 0 aliphatic heterocycles. The number of hydrogen-bond acceptors (Lipinski definition) is 5. The average Bonchev–Trinajstić information content (AvgIpc) is 2.93. The summed E-state index contributed by atoms with van der Waals surface area (Å²) in [5.41, 5.74) is 1.81. The number of methoxy groups -OCH3 is 1. The molecule has 0 aliphatic rings. The minimum Gasteiger partial charge on any atom is -0.383 e. The molecule has 0 saturated heterocycles. The van der Waals surface area contributed by atoms with Crippen molar-refractivity contribution in [1.82, 2.24) is 20.3 Å². The van der Waals surface area contributed by atoms with Gasteiger partial charge < -0.3 is 14.6 Å². The summed E-state index contributed by atoms with van der Waals surface area (Å²) >= 11 is 0. The van der Waals surface area contributed by atoms with Crippen molar-refractivity contribution < 1.29 is 9.26 Å². The van der Waals surface area contributed by atoms with Crippen LogP contribution < -0.4 is 5.32 Å². The molecule has 1 N–H and O–H groups in total. The molecule has 0 spiro atoms. The largest absolute Gasteiger partial charge is 0.383 e. The fourth-order valence-electron chi connectivity index (χ4n) is 1.47. The first-order valence-corrected chi connectivity index (χ1v) is 5.44. The lowest BCUT2D eigenvalue weighted by atomic mass is 10.2. The molecule has 0 aliphatic carbocycles. The summed E-state index contributed by atoms with van der Waals surface area (Å²) in [6.45, 7) is 2.16. The summed E-state index contributed by atoms with van der Waals surface area (Å²) in [6, 6.07) is 1.91. The molecule has 0 fully saturated rings. The highest BCUT2D eigenvalue weighted by Crippen LogP contribution is 2.18. The standard InChI is InChI=1S/C11H16N4O2/c1-15-8-9(6-13-15)11-5-10(14-17-11)7-12-3-4-16-2/h5-6,8,12H,3-4,7H2,1-2H3. The molecule has 0 atom stereocenters. The summed E-state index contributed by atoms with van der Waals surface area (Å²) in [5, 5.41) is 11.3. The molecule has 0 unspecified atom stereocenters. The van der Waals surface area contributed by atoms with Crippen molar-refractivity contribution in [3.8, 4) is 11.3 Å². The van der Waals surface area contributed by atoms with Gasteiger partial charge in [0, 0.05) is 39.5 Å². The van der Waals surface area contributed by atoms with Gasteiger partial charge in [0.15, 0.2) is 5.76 Å². The number of nitrogens with one attached hydrogen (secondary N) is 1. The first kappa shape index (κ1) is 11.8. The Morgan fingerprint density at radius 1 is 1.53 bits per heavy atom. The molecule has 2 rings (SSSR count). The summed E-state index contributed by atoms with van der Waals surface area (Å²) in [6.07, 6.45) is 3.64. The maximum atomic E-state index is 5.25. The fraction of sp³-hybridized carbons (Fsp3) is 0.455. The topological polar surface area (TPSA) is 65.1 Å². The molecule has 2 aromatic heterocycles. The number of aryl methyl sites for hydroxylation is 1. The fourth-order valence-corrected chi connectivity index (χ4v) is 1.47. The molecule has 0 radical (unpaired) electrons. The van der Waals surface area contributed by atoms with Gasteiger partial charge in [0.2, 0.25) is 0 Å². The lowest BCUT2D eigenvalue weighted by Gasteiger charge is -1.99. The molecule has 0 amide bonds. The zero-order valence-corrected chi connectivity index (χ0v) is 10.0. The van der Waals surface area contributed by atoms with Crippen LogP contribution >= 0.6 is 0 Å². The van der Waals surface area contributed by atoms with E-state index in [1.807, 2.05) is 19.3 Å². The predicted molar refractivity (Wildman–Crippen MR) is 62.3 cm³/mol. The Hall–Kier alpha value is -1.66. The third-order valence-corrected chi connectivity index (χ3v) is 2.34. The number of rotatable bonds is 6. The minimum atomic E-state index is 0.674. The summed E-state index contributed by atoms with van der Waals surface area (Å²) < 4.78 is 11.9. The number of ether oxygens (including phenoxy) is 1. The predicted octanol–water partition coefficient (Wildman–Crippen LogP) is 0.811. The van der Waals surface area contributed by atoms with Gasteiger partial charge in [0.05, 0.1) is 24.1 Å². The van der Waals surface area contributed by atoms with Crippen molar-refractivity contribution in [2.75, 3.05) is 20.3 Å². The highest BCUT2D eigenvalue weighted by atomic mass is 16.5. The van der Waals surface area contributed by atoms with E-state index >= 15 is 0 Å². The Morgan fingerprint density at radius 3 is 3.12 bits per heavy atom. The molecule has 2 aromatic rings. The molecule has 0 aromatic carbocycles. The van der Waals surface area contributed by atoms with E-state index in [2.05, 4.69) is 15.6 Å². The van der Waals surface area contributed by atoms with Crippen molar-refractivity contribution >= 4 is 0 Å². The van der Waals surface area contributed by atoms with Crippen molar-refractivity contribution in [3.05, 3.63) is 24.2 Å². The lowest BCUT2D eigenvalue weighted by Crippen LogP contribution is -2.18. The van der Waals surface area contributed by atoms with Gasteiger partial charge in [0.1, 0.15) is 0 Å². The lowest BCUT2D eigenvalue weighted by molar-refractivity contribution is 0.199. The molecular formula is C11H16N4O2. The molecule has 6 nitrogen and oxygen atoms in total. The number of aromatic nitrogens is 3. The van der Waals surface area contributed by atoms with Crippen LogP contribution in [0.1, 0.15) is 5.69 Å². The van der Waals surface area contributed by atoms with Crippen LogP contribution in [-0.4, -0.2) is 35.2 Å². The Labute approximate surface area is 99.5 Å². The molecule has 2 heterocycles. The van der Waals surface area contributed by atoms with Gasteiger partial charge in [-0.15, -0.1) is 0 Å². The van der Waals surface area contributed by atoms with E-state index in [1.54, 1.807) is 18.0 Å². The van der Waals surface area contributed by atoms with Crippen LogP contribution in [0.3, 0.4) is 0 Å². The summed E-state index contributed by atoms with van der Waals surface area (Å²) in [4.78, 5) is 0. The van der Waals surface area contributed by atoms with Crippen LogP contribution in [0.15, 0.2) is 23.0 Å². The molecular weight excluding hydrogens is 220 g/mol. The third kappa shape index (κ3) is 3.15. The van der Waals surface area contributed by atoms with Crippen LogP contribution in [0, 0.1) is 0 Å². The normalized spacial score (nSPS) is 10.9. The zero-order chi connectivity index (χ0) is 12.1. The van der Waals surface area contributed by atoms with E-state index in [4.69, 9.17) is 9.26 Å². The summed E-state index contributed by atoms with van der Waals surface area (Å²) in [7, 11) is 3.55. The maximum Gasteiger partial charge on any atom is 0.170 e. The average molecular weight is 236 g/mol. The van der Waals surface area contributed by atoms with E-state index in [1.165, 1.54) is 0 Å². The molecule has 17 heavy (non-hydrogen) atoms. The first-order valence-electron chi connectivity index (χ1n) is 5.44. The highest BCUT2D eigenvalue weighted by molar-refractivity contribution is 5.54.